The number of aromatic amines is 1. The number of benzene rings is 3. The Kier molecular flexibility index (Phi) is 7.83. The molecule has 0 radical (unpaired) electrons. The molecule has 7 rings (SSSR count). The molecule has 3 fully saturated rings. The smallest absolute Gasteiger partial charge is 0.295 e. The maximum atomic E-state index is 7.00. The van der Waals surface area contributed by atoms with Crippen LogP contribution in [0, 0.1) is 0 Å². The molecule has 8 nitrogen and oxygen atoms in total. The van der Waals surface area contributed by atoms with E-state index >= 15 is 0 Å². The highest BCUT2D eigenvalue weighted by Gasteiger charge is 2.43. The summed E-state index contributed by atoms with van der Waals surface area (Å²) in [6, 6.07) is 21.4. The van der Waals surface area contributed by atoms with Crippen LogP contribution in [0.3, 0.4) is 0 Å². The van der Waals surface area contributed by atoms with Crippen molar-refractivity contribution in [2.45, 2.75) is 30.8 Å². The Hall–Kier alpha value is -2.98. The van der Waals surface area contributed by atoms with Gasteiger partial charge in [0.2, 0.25) is 0 Å². The number of nitrogens with zero attached hydrogens (tertiary/aromatic N) is 1. The van der Waals surface area contributed by atoms with Crippen molar-refractivity contribution in [2.24, 2.45) is 0 Å². The number of fused-ring (bicyclic) bond motifs is 2. The van der Waals surface area contributed by atoms with E-state index in [1.165, 1.54) is 11.1 Å². The number of rotatable bonds is 5. The first kappa shape index (κ1) is 26.3. The molecule has 0 aliphatic carbocycles. The Bertz CT molecular complexity index is 1400. The molecule has 0 bridgehead atoms. The van der Waals surface area contributed by atoms with Crippen LogP contribution in [0.25, 0.3) is 33.3 Å². The molecule has 39 heavy (non-hydrogen) atoms. The average Bonchev–Trinajstić information content (AvgIpc) is 3.72. The van der Waals surface area contributed by atoms with Crippen LogP contribution < -0.4 is 10.1 Å². The molecule has 4 heterocycles. The van der Waals surface area contributed by atoms with Crippen molar-refractivity contribution < 1.29 is 24.1 Å². The minimum absolute atomic E-state index is 0.0281. The third kappa shape index (κ3) is 5.41. The van der Waals surface area contributed by atoms with Gasteiger partial charge in [-0.3, -0.25) is 0 Å². The molecule has 3 saturated heterocycles. The molecule has 9 heteroatoms. The number of imidazole rings is 1. The molecule has 204 valence electrons. The number of aliphatic hydroxyl groups is 1. The Morgan fingerprint density at radius 2 is 1.67 bits per heavy atom. The highest BCUT2D eigenvalue weighted by molar-refractivity contribution is 6.34. The van der Waals surface area contributed by atoms with Crippen LogP contribution in [0.1, 0.15) is 18.1 Å². The molecule has 4 aromatic rings. The van der Waals surface area contributed by atoms with Crippen molar-refractivity contribution >= 4 is 22.6 Å². The van der Waals surface area contributed by atoms with E-state index in [2.05, 4.69) is 63.8 Å². The summed E-state index contributed by atoms with van der Waals surface area (Å²) in [5, 5.41) is 11.0. The van der Waals surface area contributed by atoms with Crippen molar-refractivity contribution in [3.63, 3.8) is 0 Å². The van der Waals surface area contributed by atoms with Crippen LogP contribution >= 0.6 is 11.6 Å². The minimum Gasteiger partial charge on any atom is -0.456 e. The van der Waals surface area contributed by atoms with Gasteiger partial charge in [-0.1, -0.05) is 60.1 Å². The number of morpholine rings is 1. The van der Waals surface area contributed by atoms with Crippen LogP contribution in [0.4, 0.5) is 0 Å². The SMILES string of the molecule is CO.Clc1cc2[nH]c(O[C@@H]3COC4CCOC43)nc2cc1-c1ccc(-c2ccc(C3CNCCO3)cc2)cc1. The Morgan fingerprint density at radius 3 is 2.41 bits per heavy atom. The summed E-state index contributed by atoms with van der Waals surface area (Å²) in [6.07, 6.45) is 0.978. The van der Waals surface area contributed by atoms with Crippen LogP contribution in [0.2, 0.25) is 5.02 Å². The molecule has 1 aromatic heterocycles. The van der Waals surface area contributed by atoms with Gasteiger partial charge in [0, 0.05) is 32.4 Å². The second-order valence-corrected chi connectivity index (χ2v) is 10.2. The van der Waals surface area contributed by atoms with Gasteiger partial charge in [0.1, 0.15) is 6.10 Å². The molecule has 3 N–H and O–H groups in total. The first-order chi connectivity index (χ1) is 19.2. The summed E-state index contributed by atoms with van der Waals surface area (Å²) in [4.78, 5) is 7.91. The Labute approximate surface area is 232 Å². The highest BCUT2D eigenvalue weighted by atomic mass is 35.5. The lowest BCUT2D eigenvalue weighted by Gasteiger charge is -2.24. The standard InChI is InChI=1S/C29H28ClN3O4.CH4O/c30-22-14-24-23(32-29(33-24)37-27-16-36-25-9-11-35-28(25)27)13-21(22)19-5-1-17(2-6-19)18-3-7-20(8-4-18)26-15-31-10-12-34-26;1-2/h1-8,13-14,25-28,31H,9-12,15-16H2,(H,32,33);2H,1H3/t25?,26?,27-,28?;/m1./s1. The summed E-state index contributed by atoms with van der Waals surface area (Å²) in [5.41, 5.74) is 7.11. The molecule has 0 spiro atoms. The third-order valence-corrected chi connectivity index (χ3v) is 7.78. The van der Waals surface area contributed by atoms with Gasteiger partial charge >= 0.3 is 0 Å². The molecule has 3 aliphatic heterocycles. The highest BCUT2D eigenvalue weighted by Crippen LogP contribution is 2.35. The summed E-state index contributed by atoms with van der Waals surface area (Å²) in [6.45, 7) is 3.75. The van der Waals surface area contributed by atoms with Gasteiger partial charge in [-0.2, -0.15) is 4.98 Å². The zero-order valence-corrected chi connectivity index (χ0v) is 22.5. The predicted molar refractivity (Wildman–Crippen MR) is 150 cm³/mol. The van der Waals surface area contributed by atoms with Crippen molar-refractivity contribution in [1.82, 2.24) is 15.3 Å². The zero-order valence-electron chi connectivity index (χ0n) is 21.7. The molecule has 0 amide bonds. The Balaban J connectivity index is 0.00000135. The normalized spacial score (nSPS) is 24.3. The molecular weight excluding hydrogens is 518 g/mol. The van der Waals surface area contributed by atoms with E-state index in [4.69, 9.17) is 35.7 Å². The summed E-state index contributed by atoms with van der Waals surface area (Å²) in [5.74, 6) is 0. The summed E-state index contributed by atoms with van der Waals surface area (Å²) < 4.78 is 23.5. The van der Waals surface area contributed by atoms with Crippen LogP contribution in [-0.2, 0) is 14.2 Å². The van der Waals surface area contributed by atoms with E-state index in [0.717, 1.165) is 61.0 Å². The van der Waals surface area contributed by atoms with E-state index in [1.54, 1.807) is 0 Å². The fourth-order valence-electron chi connectivity index (χ4n) is 5.47. The summed E-state index contributed by atoms with van der Waals surface area (Å²) in [7, 11) is 1.00. The zero-order chi connectivity index (χ0) is 26.8. The number of halogens is 1. The van der Waals surface area contributed by atoms with E-state index in [-0.39, 0.29) is 24.4 Å². The quantitative estimate of drug-likeness (QED) is 0.330. The molecule has 3 aromatic carbocycles. The number of hydrogen-bond acceptors (Lipinski definition) is 7. The number of H-pyrrole nitrogens is 1. The number of ether oxygens (including phenoxy) is 4. The first-order valence-electron chi connectivity index (χ1n) is 13.3. The maximum Gasteiger partial charge on any atom is 0.295 e. The van der Waals surface area contributed by atoms with Gasteiger partial charge in [-0.25, -0.2) is 0 Å². The predicted octanol–water partition coefficient (Wildman–Crippen LogP) is 4.75. The first-order valence-corrected chi connectivity index (χ1v) is 13.7. The van der Waals surface area contributed by atoms with Crippen molar-refractivity contribution in [3.8, 4) is 28.3 Å². The van der Waals surface area contributed by atoms with Crippen LogP contribution in [0.15, 0.2) is 60.7 Å². The van der Waals surface area contributed by atoms with E-state index in [1.807, 2.05) is 12.1 Å². The van der Waals surface area contributed by atoms with E-state index in [0.29, 0.717) is 24.2 Å². The van der Waals surface area contributed by atoms with Crippen molar-refractivity contribution in [3.05, 3.63) is 71.2 Å². The number of nitrogens with one attached hydrogen (secondary N) is 2. The van der Waals surface area contributed by atoms with E-state index < -0.39 is 0 Å². The Morgan fingerprint density at radius 1 is 0.923 bits per heavy atom. The number of hydrogen-bond donors (Lipinski definition) is 3. The molecule has 0 saturated carbocycles. The van der Waals surface area contributed by atoms with Gasteiger partial charge in [0.15, 0.2) is 6.10 Å². The lowest BCUT2D eigenvalue weighted by Crippen LogP contribution is -2.33. The molecule has 4 atom stereocenters. The topological polar surface area (TPSA) is 97.9 Å². The van der Waals surface area contributed by atoms with Gasteiger partial charge in [0.05, 0.1) is 41.5 Å². The largest absolute Gasteiger partial charge is 0.456 e. The number of aromatic nitrogens is 2. The third-order valence-electron chi connectivity index (χ3n) is 7.47. The second kappa shape index (κ2) is 11.6. The van der Waals surface area contributed by atoms with Crippen LogP contribution in [-0.4, -0.2) is 73.4 Å². The van der Waals surface area contributed by atoms with Gasteiger partial charge in [0.25, 0.3) is 6.01 Å². The van der Waals surface area contributed by atoms with Gasteiger partial charge < -0.3 is 34.4 Å². The molecule has 3 aliphatic rings. The van der Waals surface area contributed by atoms with Crippen molar-refractivity contribution in [2.75, 3.05) is 40.0 Å². The second-order valence-electron chi connectivity index (χ2n) is 9.81. The fraction of sp³-hybridized carbons (Fsp3) is 0.367. The van der Waals surface area contributed by atoms with E-state index in [9.17, 15) is 0 Å². The van der Waals surface area contributed by atoms with Crippen molar-refractivity contribution in [1.29, 1.82) is 0 Å². The molecule has 3 unspecified atom stereocenters. The van der Waals surface area contributed by atoms with Gasteiger partial charge in [-0.15, -0.1) is 0 Å². The fourth-order valence-corrected chi connectivity index (χ4v) is 5.74. The minimum atomic E-state index is -0.156. The molecular formula is C30H32ClN3O5. The average molecular weight is 550 g/mol. The van der Waals surface area contributed by atoms with Crippen LogP contribution in [0.5, 0.6) is 6.01 Å². The lowest BCUT2D eigenvalue weighted by molar-refractivity contribution is 0.0273. The monoisotopic (exact) mass is 549 g/mol. The van der Waals surface area contributed by atoms with Gasteiger partial charge in [-0.05, 0) is 40.8 Å². The lowest BCUT2D eigenvalue weighted by atomic mass is 9.98. The summed E-state index contributed by atoms with van der Waals surface area (Å²) >= 11 is 6.69. The number of aliphatic hydroxyl groups excluding tert-OH is 1. The maximum absolute atomic E-state index is 7.00.